The SMILES string of the molecule is CN(Cc1ccc(Br)cc1)C(=O)NCC(O)C(=O)O. The molecule has 0 heterocycles. The number of aliphatic carboxylic acids is 1. The fourth-order valence-electron chi connectivity index (χ4n) is 1.34. The monoisotopic (exact) mass is 330 g/mol. The van der Waals surface area contributed by atoms with Crippen LogP contribution in [0.25, 0.3) is 0 Å². The zero-order chi connectivity index (χ0) is 14.4. The van der Waals surface area contributed by atoms with Crippen LogP contribution < -0.4 is 5.32 Å². The summed E-state index contributed by atoms with van der Waals surface area (Å²) in [4.78, 5) is 23.4. The Morgan fingerprint density at radius 3 is 2.47 bits per heavy atom. The third-order valence-corrected chi connectivity index (χ3v) is 2.94. The molecule has 6 nitrogen and oxygen atoms in total. The van der Waals surface area contributed by atoms with Crippen LogP contribution in [0.4, 0.5) is 4.79 Å². The minimum Gasteiger partial charge on any atom is -0.479 e. The van der Waals surface area contributed by atoms with Crippen molar-refractivity contribution in [3.63, 3.8) is 0 Å². The second kappa shape index (κ2) is 7.10. The van der Waals surface area contributed by atoms with Crippen molar-refractivity contribution in [2.24, 2.45) is 0 Å². The van der Waals surface area contributed by atoms with E-state index in [-0.39, 0.29) is 6.54 Å². The molecule has 3 N–H and O–H groups in total. The summed E-state index contributed by atoms with van der Waals surface area (Å²) in [5, 5.41) is 19.9. The van der Waals surface area contributed by atoms with Gasteiger partial charge in [-0.25, -0.2) is 9.59 Å². The highest BCUT2D eigenvalue weighted by Crippen LogP contribution is 2.11. The molecule has 2 amide bonds. The summed E-state index contributed by atoms with van der Waals surface area (Å²) >= 11 is 3.32. The van der Waals surface area contributed by atoms with E-state index < -0.39 is 18.1 Å². The van der Waals surface area contributed by atoms with Gasteiger partial charge in [0.1, 0.15) is 0 Å². The average molecular weight is 331 g/mol. The quantitative estimate of drug-likeness (QED) is 0.752. The Morgan fingerprint density at radius 1 is 1.37 bits per heavy atom. The molecule has 0 aliphatic carbocycles. The van der Waals surface area contributed by atoms with Crippen molar-refractivity contribution in [1.82, 2.24) is 10.2 Å². The molecule has 0 aliphatic rings. The lowest BCUT2D eigenvalue weighted by atomic mass is 10.2. The summed E-state index contributed by atoms with van der Waals surface area (Å²) < 4.78 is 0.952. The van der Waals surface area contributed by atoms with Crippen LogP contribution in [-0.2, 0) is 11.3 Å². The topological polar surface area (TPSA) is 89.9 Å². The van der Waals surface area contributed by atoms with Crippen molar-refractivity contribution in [2.75, 3.05) is 13.6 Å². The van der Waals surface area contributed by atoms with E-state index in [2.05, 4.69) is 21.2 Å². The Bertz CT molecular complexity index is 450. The van der Waals surface area contributed by atoms with Crippen LogP contribution in [0.5, 0.6) is 0 Å². The largest absolute Gasteiger partial charge is 0.479 e. The van der Waals surface area contributed by atoms with Crippen molar-refractivity contribution in [1.29, 1.82) is 0 Å². The van der Waals surface area contributed by atoms with Crippen LogP contribution in [0.1, 0.15) is 5.56 Å². The summed E-state index contributed by atoms with van der Waals surface area (Å²) in [6, 6.07) is 7.05. The number of hydrogen-bond donors (Lipinski definition) is 3. The minimum absolute atomic E-state index is 0.321. The van der Waals surface area contributed by atoms with E-state index in [0.29, 0.717) is 6.54 Å². The van der Waals surface area contributed by atoms with E-state index in [4.69, 9.17) is 10.2 Å². The van der Waals surface area contributed by atoms with Crippen LogP contribution in [-0.4, -0.2) is 46.8 Å². The predicted molar refractivity (Wildman–Crippen MR) is 72.7 cm³/mol. The summed E-state index contributed by atoms with van der Waals surface area (Å²) in [6.07, 6.45) is -1.59. The average Bonchev–Trinajstić information content (AvgIpc) is 2.37. The van der Waals surface area contributed by atoms with E-state index in [9.17, 15) is 9.59 Å². The van der Waals surface area contributed by atoms with Crippen molar-refractivity contribution in [3.05, 3.63) is 34.3 Å². The summed E-state index contributed by atoms with van der Waals surface area (Å²) in [7, 11) is 1.59. The van der Waals surface area contributed by atoms with Crippen LogP contribution in [0, 0.1) is 0 Å². The normalized spacial score (nSPS) is 11.7. The van der Waals surface area contributed by atoms with Gasteiger partial charge in [-0.3, -0.25) is 0 Å². The first-order valence-corrected chi connectivity index (χ1v) is 6.33. The maximum atomic E-state index is 11.6. The molecule has 1 unspecified atom stereocenters. The van der Waals surface area contributed by atoms with Crippen LogP contribution in [0.3, 0.4) is 0 Å². The molecule has 0 aromatic heterocycles. The minimum atomic E-state index is -1.59. The predicted octanol–water partition coefficient (Wildman–Crippen LogP) is 1.04. The number of carbonyl (C=O) groups excluding carboxylic acids is 1. The second-order valence-electron chi connectivity index (χ2n) is 4.02. The standard InChI is InChI=1S/C12H15BrN2O4/c1-15(7-8-2-4-9(13)5-3-8)12(19)14-6-10(16)11(17)18/h2-5,10,16H,6-7H2,1H3,(H,14,19)(H,17,18). The van der Waals surface area contributed by atoms with Gasteiger partial charge < -0.3 is 20.4 Å². The van der Waals surface area contributed by atoms with Crippen LogP contribution in [0.15, 0.2) is 28.7 Å². The fourth-order valence-corrected chi connectivity index (χ4v) is 1.61. The zero-order valence-electron chi connectivity index (χ0n) is 10.3. The third-order valence-electron chi connectivity index (χ3n) is 2.41. The molecule has 0 saturated heterocycles. The molecule has 0 spiro atoms. The molecular formula is C12H15BrN2O4. The Kier molecular flexibility index (Phi) is 5.78. The maximum Gasteiger partial charge on any atom is 0.334 e. The van der Waals surface area contributed by atoms with Crippen LogP contribution >= 0.6 is 15.9 Å². The summed E-state index contributed by atoms with van der Waals surface area (Å²) in [5.74, 6) is -1.36. The first-order valence-electron chi connectivity index (χ1n) is 5.54. The number of amides is 2. The fraction of sp³-hybridized carbons (Fsp3) is 0.333. The number of urea groups is 1. The second-order valence-corrected chi connectivity index (χ2v) is 4.94. The van der Waals surface area contributed by atoms with Gasteiger partial charge in [0, 0.05) is 18.1 Å². The zero-order valence-corrected chi connectivity index (χ0v) is 11.9. The highest BCUT2D eigenvalue weighted by atomic mass is 79.9. The van der Waals surface area contributed by atoms with Crippen molar-refractivity contribution >= 4 is 27.9 Å². The lowest BCUT2D eigenvalue weighted by Crippen LogP contribution is -2.42. The number of nitrogens with one attached hydrogen (secondary N) is 1. The number of nitrogens with zero attached hydrogens (tertiary/aromatic N) is 1. The molecule has 1 atom stereocenters. The third kappa shape index (κ3) is 5.27. The molecule has 0 saturated carbocycles. The van der Waals surface area contributed by atoms with Gasteiger partial charge >= 0.3 is 12.0 Å². The Morgan fingerprint density at radius 2 is 1.95 bits per heavy atom. The number of halogens is 1. The molecule has 19 heavy (non-hydrogen) atoms. The molecule has 0 radical (unpaired) electrons. The van der Waals surface area contributed by atoms with Gasteiger partial charge in [-0.05, 0) is 17.7 Å². The van der Waals surface area contributed by atoms with Gasteiger partial charge in [-0.2, -0.15) is 0 Å². The maximum absolute atomic E-state index is 11.6. The van der Waals surface area contributed by atoms with Gasteiger partial charge in [-0.15, -0.1) is 0 Å². The number of carbonyl (C=O) groups is 2. The smallest absolute Gasteiger partial charge is 0.334 e. The molecular weight excluding hydrogens is 316 g/mol. The lowest BCUT2D eigenvalue weighted by Gasteiger charge is -2.18. The van der Waals surface area contributed by atoms with Crippen LogP contribution in [0.2, 0.25) is 0 Å². The van der Waals surface area contributed by atoms with E-state index in [1.807, 2.05) is 24.3 Å². The molecule has 1 aromatic carbocycles. The Labute approximate surface area is 119 Å². The van der Waals surface area contributed by atoms with Crippen molar-refractivity contribution in [2.45, 2.75) is 12.6 Å². The molecule has 104 valence electrons. The number of aliphatic hydroxyl groups is 1. The van der Waals surface area contributed by atoms with E-state index in [0.717, 1.165) is 10.0 Å². The molecule has 1 rings (SSSR count). The lowest BCUT2D eigenvalue weighted by molar-refractivity contribution is -0.146. The number of hydrogen-bond acceptors (Lipinski definition) is 3. The molecule has 1 aromatic rings. The van der Waals surface area contributed by atoms with Gasteiger partial charge in [0.15, 0.2) is 6.10 Å². The molecule has 0 bridgehead atoms. The molecule has 0 fully saturated rings. The summed E-state index contributed by atoms with van der Waals surface area (Å²) in [6.45, 7) is 0.0706. The van der Waals surface area contributed by atoms with E-state index in [1.165, 1.54) is 4.90 Å². The van der Waals surface area contributed by atoms with Gasteiger partial charge in [0.05, 0.1) is 6.54 Å². The van der Waals surface area contributed by atoms with E-state index >= 15 is 0 Å². The highest BCUT2D eigenvalue weighted by Gasteiger charge is 2.15. The first-order chi connectivity index (χ1) is 8.90. The summed E-state index contributed by atoms with van der Waals surface area (Å²) in [5.41, 5.74) is 0.944. The van der Waals surface area contributed by atoms with Gasteiger partial charge in [0.25, 0.3) is 0 Å². The molecule has 7 heteroatoms. The first kappa shape index (κ1) is 15.5. The number of rotatable bonds is 5. The van der Waals surface area contributed by atoms with Crippen molar-refractivity contribution in [3.8, 4) is 0 Å². The number of benzene rings is 1. The van der Waals surface area contributed by atoms with Crippen molar-refractivity contribution < 1.29 is 19.8 Å². The van der Waals surface area contributed by atoms with E-state index in [1.54, 1.807) is 7.05 Å². The number of aliphatic hydroxyl groups excluding tert-OH is 1. The highest BCUT2D eigenvalue weighted by molar-refractivity contribution is 9.10. The number of carboxylic acid groups (broad SMARTS) is 1. The molecule has 0 aliphatic heterocycles. The van der Waals surface area contributed by atoms with Gasteiger partial charge in [-0.1, -0.05) is 28.1 Å². The Hall–Kier alpha value is -1.60. The number of carboxylic acids is 1. The van der Waals surface area contributed by atoms with Gasteiger partial charge in [0.2, 0.25) is 0 Å². The Balaban J connectivity index is 2.44.